The molecule has 0 aliphatic rings. The average Bonchev–Trinajstić information content (AvgIpc) is 3.59. The summed E-state index contributed by atoms with van der Waals surface area (Å²) in [5.74, 6) is 0.903. The van der Waals surface area contributed by atoms with Crippen molar-refractivity contribution in [2.45, 2.75) is 12.1 Å². The summed E-state index contributed by atoms with van der Waals surface area (Å²) in [6, 6.07) is 22.6. The number of hydrogen-bond acceptors (Lipinski definition) is 6. The van der Waals surface area contributed by atoms with Crippen molar-refractivity contribution < 1.29 is 4.79 Å². The third-order valence-electron chi connectivity index (χ3n) is 5.01. The first kappa shape index (κ1) is 21.9. The van der Waals surface area contributed by atoms with Crippen LogP contribution in [0.5, 0.6) is 0 Å². The van der Waals surface area contributed by atoms with Crippen LogP contribution < -0.4 is 10.9 Å². The number of aromatic nitrogens is 5. The number of carbonyl (C=O) groups excluding carboxylic acids is 1. The fourth-order valence-electron chi connectivity index (χ4n) is 3.40. The highest BCUT2D eigenvalue weighted by Gasteiger charge is 2.18. The Labute approximate surface area is 203 Å². The molecule has 0 saturated heterocycles. The molecule has 3 heterocycles. The number of nitrogens with one attached hydrogen (secondary N) is 2. The second kappa shape index (κ2) is 9.54. The molecule has 0 unspecified atom stereocenters. The topological polar surface area (TPSA) is 97.6 Å². The highest BCUT2D eigenvalue weighted by molar-refractivity contribution is 7.99. The zero-order valence-electron chi connectivity index (χ0n) is 18.1. The summed E-state index contributed by atoms with van der Waals surface area (Å²) in [6.45, 7) is 2.03. The molecule has 3 aromatic heterocycles. The molecular weight excluding hydrogens is 468 g/mol. The molecule has 170 valence electrons. The van der Waals surface area contributed by atoms with Crippen LogP contribution in [-0.4, -0.2) is 36.2 Å². The summed E-state index contributed by atoms with van der Waals surface area (Å²) in [6.07, 6.45) is 0. The lowest BCUT2D eigenvalue weighted by atomic mass is 10.2. The molecule has 0 saturated carbocycles. The normalized spacial score (nSPS) is 11.0. The van der Waals surface area contributed by atoms with Crippen molar-refractivity contribution in [3.8, 4) is 22.1 Å². The lowest BCUT2D eigenvalue weighted by molar-refractivity contribution is -0.113. The van der Waals surface area contributed by atoms with Crippen molar-refractivity contribution in [1.29, 1.82) is 0 Å². The lowest BCUT2D eigenvalue weighted by Crippen LogP contribution is -2.15. The number of aryl methyl sites for hydroxylation is 1. The summed E-state index contributed by atoms with van der Waals surface area (Å²) in [5.41, 5.74) is 2.51. The smallest absolute Gasteiger partial charge is 0.273 e. The van der Waals surface area contributed by atoms with E-state index in [1.165, 1.54) is 22.5 Å². The zero-order valence-corrected chi connectivity index (χ0v) is 19.8. The maximum Gasteiger partial charge on any atom is 0.273 e. The number of H-pyrrole nitrogens is 1. The summed E-state index contributed by atoms with van der Waals surface area (Å²) in [7, 11) is 0. The molecule has 1 amide bonds. The fourth-order valence-corrected chi connectivity index (χ4v) is 4.85. The number of amides is 1. The first-order valence-electron chi connectivity index (χ1n) is 10.4. The standard InChI is InChI=1S/C24H20N6O2S2/c1-16-9-11-17(12-10-16)29-23(19-8-5-13-33-19)26-27-24(29)34-15-21(31)25-20-14-22(32)30(28-20)18-6-3-2-4-7-18/h2-14,28H,15H2,1H3,(H,25,31). The van der Waals surface area contributed by atoms with E-state index in [1.807, 2.05) is 83.6 Å². The number of benzene rings is 2. The third-order valence-corrected chi connectivity index (χ3v) is 6.80. The second-order valence-corrected chi connectivity index (χ2v) is 9.36. The van der Waals surface area contributed by atoms with Crippen LogP contribution in [0.3, 0.4) is 0 Å². The predicted molar refractivity (Wildman–Crippen MR) is 135 cm³/mol. The Morgan fingerprint density at radius 1 is 1.03 bits per heavy atom. The van der Waals surface area contributed by atoms with E-state index in [2.05, 4.69) is 20.6 Å². The molecule has 0 atom stereocenters. The van der Waals surface area contributed by atoms with Gasteiger partial charge in [0.15, 0.2) is 11.0 Å². The Morgan fingerprint density at radius 2 is 1.82 bits per heavy atom. The molecule has 5 aromatic rings. The van der Waals surface area contributed by atoms with Gasteiger partial charge in [-0.25, -0.2) is 4.68 Å². The Hall–Kier alpha value is -3.89. The van der Waals surface area contributed by atoms with E-state index >= 15 is 0 Å². The first-order chi connectivity index (χ1) is 16.6. The molecule has 0 spiro atoms. The van der Waals surface area contributed by atoms with Crippen molar-refractivity contribution in [3.63, 3.8) is 0 Å². The number of thiophene rings is 1. The monoisotopic (exact) mass is 488 g/mol. The molecule has 2 N–H and O–H groups in total. The molecule has 34 heavy (non-hydrogen) atoms. The van der Waals surface area contributed by atoms with Gasteiger partial charge in [-0.1, -0.05) is 53.7 Å². The maximum atomic E-state index is 12.7. The number of para-hydroxylation sites is 1. The predicted octanol–water partition coefficient (Wildman–Crippen LogP) is 4.51. The van der Waals surface area contributed by atoms with Gasteiger partial charge in [0.1, 0.15) is 5.82 Å². The van der Waals surface area contributed by atoms with Gasteiger partial charge in [0, 0.05) is 11.8 Å². The summed E-state index contributed by atoms with van der Waals surface area (Å²) in [4.78, 5) is 25.9. The number of anilines is 1. The number of hydrogen-bond donors (Lipinski definition) is 2. The number of rotatable bonds is 7. The Kier molecular flexibility index (Phi) is 6.15. The van der Waals surface area contributed by atoms with Gasteiger partial charge in [-0.05, 0) is 42.6 Å². The Morgan fingerprint density at radius 3 is 2.56 bits per heavy atom. The van der Waals surface area contributed by atoms with Gasteiger partial charge in [0.2, 0.25) is 5.91 Å². The van der Waals surface area contributed by atoms with Crippen LogP contribution in [0.2, 0.25) is 0 Å². The summed E-state index contributed by atoms with van der Waals surface area (Å²) < 4.78 is 3.33. The van der Waals surface area contributed by atoms with Crippen molar-refractivity contribution in [2.24, 2.45) is 0 Å². The Bertz CT molecular complexity index is 1470. The van der Waals surface area contributed by atoms with Gasteiger partial charge in [-0.15, -0.1) is 21.5 Å². The second-order valence-electron chi connectivity index (χ2n) is 7.47. The van der Waals surface area contributed by atoms with E-state index in [0.29, 0.717) is 16.7 Å². The van der Waals surface area contributed by atoms with Gasteiger partial charge >= 0.3 is 0 Å². The zero-order chi connectivity index (χ0) is 23.5. The molecule has 0 bridgehead atoms. The van der Waals surface area contributed by atoms with Crippen LogP contribution in [0.25, 0.3) is 22.1 Å². The minimum atomic E-state index is -0.261. The molecule has 0 fully saturated rings. The summed E-state index contributed by atoms with van der Waals surface area (Å²) in [5, 5.41) is 17.0. The average molecular weight is 489 g/mol. The van der Waals surface area contributed by atoms with Gasteiger partial charge < -0.3 is 5.32 Å². The van der Waals surface area contributed by atoms with E-state index in [1.54, 1.807) is 11.3 Å². The fraction of sp³-hybridized carbons (Fsp3) is 0.0833. The van der Waals surface area contributed by atoms with E-state index in [-0.39, 0.29) is 17.2 Å². The number of nitrogens with zero attached hydrogens (tertiary/aromatic N) is 4. The molecular formula is C24H20N6O2S2. The van der Waals surface area contributed by atoms with E-state index < -0.39 is 0 Å². The van der Waals surface area contributed by atoms with E-state index in [9.17, 15) is 9.59 Å². The molecule has 8 nitrogen and oxygen atoms in total. The molecule has 0 aliphatic heterocycles. The van der Waals surface area contributed by atoms with E-state index in [4.69, 9.17) is 0 Å². The molecule has 0 radical (unpaired) electrons. The molecule has 5 rings (SSSR count). The molecule has 10 heteroatoms. The van der Waals surface area contributed by atoms with Crippen molar-refractivity contribution in [1.82, 2.24) is 24.5 Å². The number of aromatic amines is 1. The highest BCUT2D eigenvalue weighted by atomic mass is 32.2. The molecule has 0 aliphatic carbocycles. The van der Waals surface area contributed by atoms with Crippen LogP contribution in [-0.2, 0) is 4.79 Å². The number of carbonyl (C=O) groups is 1. The minimum Gasteiger partial charge on any atom is -0.310 e. The van der Waals surface area contributed by atoms with Crippen molar-refractivity contribution >= 4 is 34.8 Å². The molecule has 2 aromatic carbocycles. The van der Waals surface area contributed by atoms with Gasteiger partial charge in [0.25, 0.3) is 5.56 Å². The minimum absolute atomic E-state index is 0.104. The van der Waals surface area contributed by atoms with E-state index in [0.717, 1.165) is 22.0 Å². The quantitative estimate of drug-likeness (QED) is 0.329. The van der Waals surface area contributed by atoms with Gasteiger partial charge in [-0.2, -0.15) is 0 Å². The van der Waals surface area contributed by atoms with Crippen LogP contribution in [0, 0.1) is 6.92 Å². The van der Waals surface area contributed by atoms with Crippen LogP contribution in [0.15, 0.2) is 88.1 Å². The third kappa shape index (κ3) is 4.59. The van der Waals surface area contributed by atoms with Crippen molar-refractivity contribution in [2.75, 3.05) is 11.1 Å². The lowest BCUT2D eigenvalue weighted by Gasteiger charge is -2.10. The van der Waals surface area contributed by atoms with Crippen LogP contribution in [0.4, 0.5) is 5.82 Å². The van der Waals surface area contributed by atoms with Crippen molar-refractivity contribution in [3.05, 3.63) is 94.1 Å². The van der Waals surface area contributed by atoms with Gasteiger partial charge in [-0.3, -0.25) is 19.3 Å². The largest absolute Gasteiger partial charge is 0.310 e. The van der Waals surface area contributed by atoms with Crippen LogP contribution >= 0.6 is 23.1 Å². The Balaban J connectivity index is 1.34. The van der Waals surface area contributed by atoms with Gasteiger partial charge in [0.05, 0.1) is 16.3 Å². The number of thioether (sulfide) groups is 1. The SMILES string of the molecule is Cc1ccc(-n2c(SCC(=O)Nc3cc(=O)n(-c4ccccc4)[nH]3)nnc2-c2cccs2)cc1. The highest BCUT2D eigenvalue weighted by Crippen LogP contribution is 2.30. The first-order valence-corrected chi connectivity index (χ1v) is 12.3. The summed E-state index contributed by atoms with van der Waals surface area (Å²) >= 11 is 2.86. The van der Waals surface area contributed by atoms with Crippen LogP contribution in [0.1, 0.15) is 5.56 Å². The maximum absolute atomic E-state index is 12.7.